The molecule has 4 rings (SSSR count). The van der Waals surface area contributed by atoms with Crippen LogP contribution < -0.4 is 19.1 Å². The van der Waals surface area contributed by atoms with Crippen molar-refractivity contribution in [1.82, 2.24) is 10.2 Å². The summed E-state index contributed by atoms with van der Waals surface area (Å²) >= 11 is 6.11. The van der Waals surface area contributed by atoms with E-state index < -0.39 is 34.1 Å². The molecule has 0 spiro atoms. The molecule has 0 bridgehead atoms. The first kappa shape index (κ1) is 31.2. The molecule has 9 nitrogen and oxygen atoms in total. The molecule has 0 radical (unpaired) electrons. The van der Waals surface area contributed by atoms with E-state index in [9.17, 15) is 18.0 Å². The van der Waals surface area contributed by atoms with Crippen LogP contribution in [0.4, 0.5) is 5.69 Å². The van der Waals surface area contributed by atoms with Crippen LogP contribution in [0.1, 0.15) is 38.8 Å². The van der Waals surface area contributed by atoms with Gasteiger partial charge in [-0.3, -0.25) is 13.9 Å². The molecule has 0 aromatic heterocycles. The molecule has 3 aromatic rings. The number of fused-ring (bicyclic) bond motifs is 1. The predicted molar refractivity (Wildman–Crippen MR) is 163 cm³/mol. The Morgan fingerprint density at radius 3 is 2.26 bits per heavy atom. The highest BCUT2D eigenvalue weighted by Crippen LogP contribution is 2.36. The fourth-order valence-corrected chi connectivity index (χ4v) is 5.73. The molecule has 42 heavy (non-hydrogen) atoms. The highest BCUT2D eigenvalue weighted by molar-refractivity contribution is 7.92. The summed E-state index contributed by atoms with van der Waals surface area (Å²) in [5, 5.41) is 3.54. The van der Waals surface area contributed by atoms with Gasteiger partial charge in [0.15, 0.2) is 11.5 Å². The lowest BCUT2D eigenvalue weighted by Crippen LogP contribution is -2.56. The first-order chi connectivity index (χ1) is 19.9. The molecule has 1 heterocycles. The van der Waals surface area contributed by atoms with Crippen molar-refractivity contribution in [3.63, 3.8) is 0 Å². The lowest BCUT2D eigenvalue weighted by atomic mass is 10.0. The van der Waals surface area contributed by atoms with Crippen LogP contribution in [0.2, 0.25) is 5.02 Å². The van der Waals surface area contributed by atoms with E-state index in [1.807, 2.05) is 51.1 Å². The van der Waals surface area contributed by atoms with Crippen LogP contribution >= 0.6 is 11.6 Å². The zero-order chi connectivity index (χ0) is 30.5. The average molecular weight is 614 g/mol. The number of halogens is 1. The van der Waals surface area contributed by atoms with Gasteiger partial charge in [-0.05, 0) is 63.1 Å². The maximum absolute atomic E-state index is 14.3. The lowest BCUT2D eigenvalue weighted by Gasteiger charge is -2.35. The van der Waals surface area contributed by atoms with Crippen molar-refractivity contribution in [3.8, 4) is 11.5 Å². The third-order valence-corrected chi connectivity index (χ3v) is 8.65. The number of ether oxygens (including phenoxy) is 2. The molecule has 1 aliphatic rings. The van der Waals surface area contributed by atoms with Crippen molar-refractivity contribution in [2.45, 2.75) is 52.2 Å². The van der Waals surface area contributed by atoms with Crippen LogP contribution in [-0.2, 0) is 32.6 Å². The quantitative estimate of drug-likeness (QED) is 0.334. The third kappa shape index (κ3) is 7.95. The van der Waals surface area contributed by atoms with E-state index in [4.69, 9.17) is 21.1 Å². The first-order valence-electron chi connectivity index (χ1n) is 13.7. The molecule has 0 saturated heterocycles. The minimum absolute atomic E-state index is 0.0250. The third-order valence-electron chi connectivity index (χ3n) is 6.66. The van der Waals surface area contributed by atoms with E-state index in [-0.39, 0.29) is 37.1 Å². The van der Waals surface area contributed by atoms with E-state index in [2.05, 4.69) is 5.32 Å². The van der Waals surface area contributed by atoms with Gasteiger partial charge in [0.2, 0.25) is 28.6 Å². The van der Waals surface area contributed by atoms with Crippen molar-refractivity contribution in [1.29, 1.82) is 0 Å². The molecule has 1 aliphatic heterocycles. The number of sulfonamides is 1. The number of carbonyl (C=O) groups excluding carboxylic acids is 2. The highest BCUT2D eigenvalue weighted by atomic mass is 35.5. The van der Waals surface area contributed by atoms with Gasteiger partial charge in [-0.2, -0.15) is 0 Å². The lowest BCUT2D eigenvalue weighted by molar-refractivity contribution is -0.140. The van der Waals surface area contributed by atoms with Crippen molar-refractivity contribution in [2.75, 3.05) is 23.4 Å². The van der Waals surface area contributed by atoms with Crippen molar-refractivity contribution in [3.05, 3.63) is 88.9 Å². The van der Waals surface area contributed by atoms with Gasteiger partial charge < -0.3 is 19.7 Å². The summed E-state index contributed by atoms with van der Waals surface area (Å²) < 4.78 is 38.5. The van der Waals surface area contributed by atoms with Crippen LogP contribution in [0.5, 0.6) is 11.5 Å². The normalized spacial score (nSPS) is 13.4. The van der Waals surface area contributed by atoms with E-state index in [0.29, 0.717) is 16.5 Å². The fraction of sp³-hybridized carbons (Fsp3) is 0.355. The summed E-state index contributed by atoms with van der Waals surface area (Å²) in [4.78, 5) is 29.5. The summed E-state index contributed by atoms with van der Waals surface area (Å²) in [6.45, 7) is 6.68. The van der Waals surface area contributed by atoms with E-state index in [0.717, 1.165) is 15.4 Å². The second-order valence-corrected chi connectivity index (χ2v) is 13.7. The van der Waals surface area contributed by atoms with Crippen LogP contribution in [0.25, 0.3) is 0 Å². The summed E-state index contributed by atoms with van der Waals surface area (Å²) in [6.07, 6.45) is 0.229. The van der Waals surface area contributed by atoms with Gasteiger partial charge in [0.05, 0.1) is 11.4 Å². The Bertz CT molecular complexity index is 1510. The number of amides is 2. The van der Waals surface area contributed by atoms with Gasteiger partial charge in [-0.15, -0.1) is 0 Å². The Morgan fingerprint density at radius 1 is 0.952 bits per heavy atom. The van der Waals surface area contributed by atoms with Crippen LogP contribution in [0, 0.1) is 0 Å². The molecular formula is C31H36ClN3O6S. The van der Waals surface area contributed by atoms with E-state index in [1.165, 1.54) is 11.8 Å². The monoisotopic (exact) mass is 613 g/mol. The van der Waals surface area contributed by atoms with Gasteiger partial charge in [-0.1, -0.05) is 54.1 Å². The molecule has 0 fully saturated rings. The molecule has 1 N–H and O–H groups in total. The second kappa shape index (κ2) is 13.0. The van der Waals surface area contributed by atoms with Gasteiger partial charge in [0, 0.05) is 29.6 Å². The minimum Gasteiger partial charge on any atom is -0.454 e. The molecule has 1 atom stereocenters. The Morgan fingerprint density at radius 2 is 1.62 bits per heavy atom. The number of hydrogen-bond acceptors (Lipinski definition) is 6. The maximum Gasteiger partial charge on any atom is 0.244 e. The Balaban J connectivity index is 1.75. The smallest absolute Gasteiger partial charge is 0.244 e. The Labute approximate surface area is 252 Å². The number of benzene rings is 3. The molecule has 3 aromatic carbocycles. The SMILES string of the molecule is CCS(=O)(=O)N(CC(=O)N(Cc1ccc(Cl)cc1)C(Cc1ccccc1)C(=O)NC(C)(C)C)c1ccc2c(c1)OCO2. The number of anilines is 1. The van der Waals surface area contributed by atoms with Gasteiger partial charge in [0.25, 0.3) is 0 Å². The van der Waals surface area contributed by atoms with Crippen LogP contribution in [-0.4, -0.2) is 55.8 Å². The zero-order valence-corrected chi connectivity index (χ0v) is 25.7. The first-order valence-corrected chi connectivity index (χ1v) is 15.6. The number of nitrogens with one attached hydrogen (secondary N) is 1. The predicted octanol–water partition coefficient (Wildman–Crippen LogP) is 4.78. The zero-order valence-electron chi connectivity index (χ0n) is 24.2. The molecule has 2 amide bonds. The summed E-state index contributed by atoms with van der Waals surface area (Å²) in [7, 11) is -3.90. The number of carbonyl (C=O) groups is 2. The number of hydrogen-bond donors (Lipinski definition) is 1. The Hall–Kier alpha value is -3.76. The largest absolute Gasteiger partial charge is 0.454 e. The molecule has 0 saturated carbocycles. The van der Waals surface area contributed by atoms with E-state index in [1.54, 1.807) is 42.5 Å². The standard InChI is InChI=1S/C31H36ClN3O6S/c1-5-42(38,39)35(25-15-16-27-28(18-25)41-21-40-27)20-29(36)34(19-23-11-13-24(32)14-12-23)26(30(37)33-31(2,3)4)17-22-9-7-6-8-10-22/h6-16,18,26H,5,17,19-21H2,1-4H3,(H,33,37). The molecule has 11 heteroatoms. The average Bonchev–Trinajstić information content (AvgIpc) is 3.42. The second-order valence-electron chi connectivity index (χ2n) is 11.0. The van der Waals surface area contributed by atoms with Crippen LogP contribution in [0.15, 0.2) is 72.8 Å². The number of nitrogens with zero attached hydrogens (tertiary/aromatic N) is 2. The topological polar surface area (TPSA) is 105 Å². The summed E-state index contributed by atoms with van der Waals surface area (Å²) in [5.41, 5.74) is 1.29. The summed E-state index contributed by atoms with van der Waals surface area (Å²) in [6, 6.07) is 20.2. The van der Waals surface area contributed by atoms with Crippen molar-refractivity contribution in [2.24, 2.45) is 0 Å². The highest BCUT2D eigenvalue weighted by Gasteiger charge is 2.35. The molecule has 0 aliphatic carbocycles. The molecular weight excluding hydrogens is 578 g/mol. The molecule has 224 valence electrons. The van der Waals surface area contributed by atoms with Gasteiger partial charge in [-0.25, -0.2) is 8.42 Å². The summed E-state index contributed by atoms with van der Waals surface area (Å²) in [5.74, 6) is -0.235. The minimum atomic E-state index is -3.90. The van der Waals surface area contributed by atoms with Gasteiger partial charge >= 0.3 is 0 Å². The fourth-order valence-electron chi connectivity index (χ4n) is 4.55. The van der Waals surface area contributed by atoms with Crippen molar-refractivity contribution < 1.29 is 27.5 Å². The van der Waals surface area contributed by atoms with Gasteiger partial charge in [0.1, 0.15) is 12.6 Å². The number of rotatable bonds is 11. The van der Waals surface area contributed by atoms with E-state index >= 15 is 0 Å². The molecule has 1 unspecified atom stereocenters. The Kier molecular flexibility index (Phi) is 9.68. The van der Waals surface area contributed by atoms with Crippen molar-refractivity contribution >= 4 is 39.1 Å². The van der Waals surface area contributed by atoms with Crippen LogP contribution in [0.3, 0.4) is 0 Å². The maximum atomic E-state index is 14.3.